The molecule has 0 N–H and O–H groups in total. The van der Waals surface area contributed by atoms with E-state index in [1.54, 1.807) is 32.4 Å². The molecule has 0 fully saturated rings. The Bertz CT molecular complexity index is 2120. The lowest BCUT2D eigenvalue weighted by atomic mass is 10.0. The molecule has 706 valence electrons. The van der Waals surface area contributed by atoms with E-state index in [0.29, 0.717) is 25.9 Å². The molecule has 6 nitrogen and oxygen atoms in total. The minimum Gasteiger partial charge on any atom is -0.325 e. The summed E-state index contributed by atoms with van der Waals surface area (Å²) in [6, 6.07) is 0. The maximum Gasteiger partial charge on any atom is 0.219 e. The fraction of sp³-hybridized carbons (Fsp3) is 0.958. The normalized spacial score (nSPS) is 12.5. The summed E-state index contributed by atoms with van der Waals surface area (Å²) in [5, 5.41) is 21.2. The summed E-state index contributed by atoms with van der Waals surface area (Å²) in [6.45, 7) is 88.9. The van der Waals surface area contributed by atoms with Crippen LogP contribution < -0.4 is 0 Å². The standard InChI is InChI=1S/C14H30S2.2C13H28S2.2C12H26S2.C11H20N2S2.C11H24S2.C9H18N4S2/c1-12(2)10-8-7-9-11-14(5,6)16-15-13(3)4;1-11(2)9-7-8-10-13(5,6)15-14-12(3)4;1-11(2)9-7-6-8-10-13(5)15-14-12(3)4;1-10(2)8-6-7-9-12(5)14-13-11(3)4;1-11(2)9-7-5-6-8-10-13-14-12(3)4;1-9(2)5-7-13-8-6-12-11(13)15-14-10(3)4;1-10(2)8-6-5-7-9-12-13-11(3)4;1-7(2)5-6-13-9(10-11-12-13)15-14-8(3)4/h12-13H,7-11H2,1-6H3;11-12H,7-10H2,1-6H3;11-13H,6-10H2,1-5H3;10-12H,6-9H2,1-5H3;11-12H,5-10H2,1-4H3;6,8-10H,5,7H2,1-4H3;10-11H,5-9H2,1-4H3;7-8H,5-6H2,1-4H3. The van der Waals surface area contributed by atoms with Gasteiger partial charge in [0, 0.05) is 99.0 Å². The predicted octanol–water partition coefficient (Wildman–Crippen LogP) is 40.4. The highest BCUT2D eigenvalue weighted by Crippen LogP contribution is 2.43. The zero-order valence-electron chi connectivity index (χ0n) is 84.1. The van der Waals surface area contributed by atoms with Gasteiger partial charge in [0.2, 0.25) is 5.16 Å². The quantitative estimate of drug-likeness (QED) is 0.0466. The number of hydrogen-bond donors (Lipinski definition) is 0. The van der Waals surface area contributed by atoms with Gasteiger partial charge in [-0.3, -0.25) is 0 Å². The van der Waals surface area contributed by atoms with Gasteiger partial charge >= 0.3 is 0 Å². The number of tetrazole rings is 1. The van der Waals surface area contributed by atoms with E-state index in [9.17, 15) is 0 Å². The average Bonchev–Trinajstić information content (AvgIpc) is 1.79. The van der Waals surface area contributed by atoms with Crippen LogP contribution in [-0.4, -0.2) is 103 Å². The molecule has 0 aliphatic carbocycles. The number of hydrogen-bond acceptors (Lipinski definition) is 20. The maximum absolute atomic E-state index is 4.37. The molecule has 0 bridgehead atoms. The van der Waals surface area contributed by atoms with Crippen LogP contribution in [0.1, 0.15) is 449 Å². The summed E-state index contributed by atoms with van der Waals surface area (Å²) < 4.78 is 5.04. The van der Waals surface area contributed by atoms with Crippen molar-refractivity contribution in [2.24, 2.45) is 47.3 Å². The van der Waals surface area contributed by atoms with E-state index in [1.807, 2.05) is 108 Å². The minimum absolute atomic E-state index is 0.450. The summed E-state index contributed by atoms with van der Waals surface area (Å²) >= 11 is 0. The fourth-order valence-corrected chi connectivity index (χ4v) is 26.8. The number of rotatable bonds is 63. The lowest BCUT2D eigenvalue weighted by Crippen LogP contribution is -2.13. The van der Waals surface area contributed by atoms with Gasteiger partial charge in [0.25, 0.3) is 0 Å². The molecule has 0 aliphatic heterocycles. The number of imidazole rings is 1. The molecule has 0 aromatic carbocycles. The molecular formula is C95H200N6S16. The van der Waals surface area contributed by atoms with Crippen LogP contribution in [0.2, 0.25) is 0 Å². The zero-order valence-corrected chi connectivity index (χ0v) is 97.2. The second-order valence-corrected chi connectivity index (χ2v) is 63.8. The first kappa shape index (κ1) is 132. The van der Waals surface area contributed by atoms with Gasteiger partial charge in [0.05, 0.1) is 0 Å². The van der Waals surface area contributed by atoms with Crippen molar-refractivity contribution in [3.8, 4) is 0 Å². The highest BCUT2D eigenvalue weighted by Gasteiger charge is 2.21. The van der Waals surface area contributed by atoms with Crippen molar-refractivity contribution in [3.63, 3.8) is 0 Å². The van der Waals surface area contributed by atoms with Crippen molar-refractivity contribution in [1.29, 1.82) is 0 Å². The Kier molecular flexibility index (Phi) is 102. The number of unbranched alkanes of at least 4 members (excludes halogenated alkanes) is 11. The van der Waals surface area contributed by atoms with Crippen molar-refractivity contribution >= 4 is 173 Å². The first-order chi connectivity index (χ1) is 54.6. The Morgan fingerprint density at radius 1 is 0.282 bits per heavy atom. The van der Waals surface area contributed by atoms with E-state index >= 15 is 0 Å². The Morgan fingerprint density at radius 2 is 0.564 bits per heavy atom. The number of aromatic nitrogens is 6. The van der Waals surface area contributed by atoms with Gasteiger partial charge in [-0.25, -0.2) is 9.67 Å². The Morgan fingerprint density at radius 3 is 0.923 bits per heavy atom. The molecule has 0 amide bonds. The summed E-state index contributed by atoms with van der Waals surface area (Å²) in [7, 11) is 31.6. The molecule has 0 saturated carbocycles. The third-order valence-electron chi connectivity index (χ3n) is 16.6. The van der Waals surface area contributed by atoms with Crippen molar-refractivity contribution in [1.82, 2.24) is 29.8 Å². The summed E-state index contributed by atoms with van der Waals surface area (Å²) in [5.74, 6) is 9.39. The van der Waals surface area contributed by atoms with E-state index in [0.717, 1.165) is 113 Å². The van der Waals surface area contributed by atoms with Gasteiger partial charge < -0.3 is 4.57 Å². The Hall–Kier alpha value is 3.88. The predicted molar refractivity (Wildman–Crippen MR) is 589 cm³/mol. The van der Waals surface area contributed by atoms with Crippen LogP contribution in [-0.2, 0) is 13.1 Å². The van der Waals surface area contributed by atoms with Crippen LogP contribution in [0.25, 0.3) is 0 Å². The van der Waals surface area contributed by atoms with E-state index in [-0.39, 0.29) is 0 Å². The molecule has 2 aromatic heterocycles. The van der Waals surface area contributed by atoms with E-state index in [2.05, 4.69) is 338 Å². The molecule has 0 spiro atoms. The second kappa shape index (κ2) is 90.4. The molecule has 2 rings (SSSR count). The lowest BCUT2D eigenvalue weighted by Gasteiger charge is -2.24. The van der Waals surface area contributed by atoms with Gasteiger partial charge in [0.15, 0.2) is 5.16 Å². The molecule has 0 aliphatic rings. The zero-order chi connectivity index (χ0) is 90.6. The van der Waals surface area contributed by atoms with E-state index in [1.165, 1.54) is 191 Å². The third-order valence-corrected chi connectivity index (χ3v) is 43.3. The monoisotopic (exact) mass is 1940 g/mol. The molecule has 2 unspecified atom stereocenters. The highest BCUT2D eigenvalue weighted by atomic mass is 33.1. The van der Waals surface area contributed by atoms with Crippen LogP contribution in [0.3, 0.4) is 0 Å². The van der Waals surface area contributed by atoms with Crippen molar-refractivity contribution < 1.29 is 0 Å². The van der Waals surface area contributed by atoms with Gasteiger partial charge in [-0.05, 0) is 158 Å². The van der Waals surface area contributed by atoms with Gasteiger partial charge in [-0.2, -0.15) is 0 Å². The summed E-state index contributed by atoms with van der Waals surface area (Å²) in [4.78, 5) is 4.37. The number of nitrogens with zero attached hydrogens (tertiary/aromatic N) is 6. The largest absolute Gasteiger partial charge is 0.325 e. The second-order valence-electron chi connectivity index (χ2n) is 38.6. The topological polar surface area (TPSA) is 61.4 Å². The van der Waals surface area contributed by atoms with Crippen LogP contribution in [0.5, 0.6) is 0 Å². The van der Waals surface area contributed by atoms with E-state index < -0.39 is 0 Å². The summed E-state index contributed by atoms with van der Waals surface area (Å²) in [6.07, 6.45) is 44.2. The summed E-state index contributed by atoms with van der Waals surface area (Å²) in [5.41, 5.74) is 0. The molecule has 0 radical (unpaired) electrons. The Labute approximate surface area is 800 Å². The van der Waals surface area contributed by atoms with Crippen LogP contribution in [0.4, 0.5) is 0 Å². The Balaban J connectivity index is -0.000000301. The molecule has 2 heterocycles. The molecule has 117 heavy (non-hydrogen) atoms. The van der Waals surface area contributed by atoms with Gasteiger partial charge in [-0.15, -0.1) is 5.10 Å². The lowest BCUT2D eigenvalue weighted by molar-refractivity contribution is 0.457. The SMILES string of the molecule is CC(C)CCCCC(C)(C)SSC(C)C.CC(C)CCCCC(C)SSC(C)C.CC(C)CCCCCC(C)(C)SSC(C)C.CC(C)CCCCCC(C)SSC(C)C.CC(C)CCCCCCSSC(C)C.CC(C)CCCCCSSC(C)C.CC(C)CCn1ccnc1SSC(C)C.CC(C)CCn1nnnc1SSC(C)C. The van der Waals surface area contributed by atoms with Crippen molar-refractivity contribution in [2.45, 2.75) is 535 Å². The van der Waals surface area contributed by atoms with Crippen LogP contribution >= 0.6 is 173 Å². The van der Waals surface area contributed by atoms with Gasteiger partial charge in [0.1, 0.15) is 0 Å². The smallest absolute Gasteiger partial charge is 0.219 e. The minimum atomic E-state index is 0.450. The first-order valence-corrected chi connectivity index (χ1v) is 65.1. The third kappa shape index (κ3) is 118. The molecule has 2 atom stereocenters. The van der Waals surface area contributed by atoms with Crippen molar-refractivity contribution in [2.75, 3.05) is 11.5 Å². The van der Waals surface area contributed by atoms with Crippen molar-refractivity contribution in [3.05, 3.63) is 12.4 Å². The van der Waals surface area contributed by atoms with Gasteiger partial charge in [-0.1, -0.05) is 521 Å². The van der Waals surface area contributed by atoms with Crippen LogP contribution in [0.15, 0.2) is 22.7 Å². The first-order valence-electron chi connectivity index (χ1n) is 47.0. The molecular weight excluding hydrogens is 1740 g/mol. The average molecular weight is 1940 g/mol. The van der Waals surface area contributed by atoms with E-state index in [4.69, 9.17) is 0 Å². The molecule has 0 saturated heterocycles. The van der Waals surface area contributed by atoms with Crippen LogP contribution in [0, 0.1) is 47.3 Å². The fourth-order valence-electron chi connectivity index (χ4n) is 9.91. The maximum atomic E-state index is 4.37. The molecule has 2 aromatic rings. The number of aryl methyl sites for hydroxylation is 2. The molecule has 22 heteroatoms. The highest BCUT2D eigenvalue weighted by molar-refractivity contribution is 8.79.